The number of ketones is 1. The van der Waals surface area contributed by atoms with Gasteiger partial charge in [0.25, 0.3) is 0 Å². The van der Waals surface area contributed by atoms with Crippen LogP contribution < -0.4 is 10.6 Å². The number of nitrogens with one attached hydrogen (secondary N) is 1. The second kappa shape index (κ2) is 7.06. The molecule has 3 nitrogen and oxygen atoms in total. The first-order valence-corrected chi connectivity index (χ1v) is 7.88. The summed E-state index contributed by atoms with van der Waals surface area (Å²) >= 11 is 0. The fourth-order valence-electron chi connectivity index (χ4n) is 2.16. The molecular formula is C16H17N2OP. The van der Waals surface area contributed by atoms with Gasteiger partial charge in [-0.2, -0.15) is 5.11 Å². The third kappa shape index (κ3) is 3.37. The van der Waals surface area contributed by atoms with Crippen molar-refractivity contribution in [2.24, 2.45) is 5.11 Å². The Hall–Kier alpha value is -1.86. The van der Waals surface area contributed by atoms with Crippen LogP contribution >= 0.6 is 7.92 Å². The lowest BCUT2D eigenvalue weighted by atomic mass is 10.3. The van der Waals surface area contributed by atoms with E-state index >= 15 is 0 Å². The molecule has 0 fully saturated rings. The number of nitrogens with zero attached hydrogens (tertiary/aromatic N) is 1. The average Bonchev–Trinajstić information content (AvgIpc) is 2.49. The highest BCUT2D eigenvalue weighted by molar-refractivity contribution is 7.74. The molecule has 0 aliphatic heterocycles. The molecule has 0 heterocycles. The van der Waals surface area contributed by atoms with Gasteiger partial charge >= 0.3 is 0 Å². The summed E-state index contributed by atoms with van der Waals surface area (Å²) in [6.45, 7) is 1.85. The van der Waals surface area contributed by atoms with E-state index in [1.54, 1.807) is 6.92 Å². The largest absolute Gasteiger partial charge is 0.299 e. The number of hydrogen-bond donors (Lipinski definition) is 1. The van der Waals surface area contributed by atoms with Crippen LogP contribution in [-0.4, -0.2) is 18.0 Å². The van der Waals surface area contributed by atoms with Crippen molar-refractivity contribution in [1.29, 1.82) is 5.53 Å². The SMILES string of the molecule is CC(=O)C(CN=N)P(c1ccccc1)c1ccccc1. The summed E-state index contributed by atoms with van der Waals surface area (Å²) in [5.41, 5.74) is 6.90. The van der Waals surface area contributed by atoms with Gasteiger partial charge < -0.3 is 0 Å². The minimum Gasteiger partial charge on any atom is -0.299 e. The van der Waals surface area contributed by atoms with E-state index in [0.29, 0.717) is 0 Å². The Labute approximate surface area is 120 Å². The van der Waals surface area contributed by atoms with E-state index in [-0.39, 0.29) is 18.0 Å². The van der Waals surface area contributed by atoms with Crippen LogP contribution in [0.1, 0.15) is 6.92 Å². The highest BCUT2D eigenvalue weighted by Crippen LogP contribution is 2.40. The number of carbonyl (C=O) groups is 1. The van der Waals surface area contributed by atoms with Crippen LogP contribution in [0, 0.1) is 5.53 Å². The van der Waals surface area contributed by atoms with Crippen molar-refractivity contribution in [2.45, 2.75) is 12.6 Å². The number of carbonyl (C=O) groups excluding carboxylic acids is 1. The van der Waals surface area contributed by atoms with Crippen molar-refractivity contribution in [2.75, 3.05) is 6.54 Å². The Bertz CT molecular complexity index is 532. The summed E-state index contributed by atoms with van der Waals surface area (Å²) in [4.78, 5) is 12.0. The zero-order chi connectivity index (χ0) is 14.4. The van der Waals surface area contributed by atoms with Gasteiger partial charge in [0.1, 0.15) is 5.78 Å². The molecule has 0 aromatic heterocycles. The van der Waals surface area contributed by atoms with Crippen LogP contribution in [-0.2, 0) is 4.79 Å². The van der Waals surface area contributed by atoms with Crippen LogP contribution in [0.3, 0.4) is 0 Å². The normalized spacial score (nSPS) is 12.1. The molecule has 0 radical (unpaired) electrons. The fraction of sp³-hybridized carbons (Fsp3) is 0.188. The van der Waals surface area contributed by atoms with Gasteiger partial charge in [-0.1, -0.05) is 60.7 Å². The van der Waals surface area contributed by atoms with E-state index in [1.165, 1.54) is 0 Å². The van der Waals surface area contributed by atoms with E-state index in [0.717, 1.165) is 10.6 Å². The zero-order valence-corrected chi connectivity index (χ0v) is 12.3. The molecule has 102 valence electrons. The molecule has 0 saturated carbocycles. The third-order valence-electron chi connectivity index (χ3n) is 3.11. The maximum Gasteiger partial charge on any atom is 0.139 e. The molecule has 2 aromatic carbocycles. The van der Waals surface area contributed by atoms with Gasteiger partial charge in [0.05, 0.1) is 12.2 Å². The summed E-state index contributed by atoms with van der Waals surface area (Å²) in [7, 11) is -0.823. The summed E-state index contributed by atoms with van der Waals surface area (Å²) in [6.07, 6.45) is 0. The maximum absolute atomic E-state index is 12.0. The molecule has 0 bridgehead atoms. The Morgan fingerprint density at radius 1 is 1.05 bits per heavy atom. The van der Waals surface area contributed by atoms with Crippen molar-refractivity contribution in [1.82, 2.24) is 0 Å². The third-order valence-corrected chi connectivity index (χ3v) is 5.97. The first-order valence-electron chi connectivity index (χ1n) is 6.47. The number of rotatable bonds is 6. The molecule has 1 N–H and O–H groups in total. The quantitative estimate of drug-likeness (QED) is 0.643. The van der Waals surface area contributed by atoms with E-state index in [2.05, 4.69) is 29.4 Å². The molecule has 0 amide bonds. The van der Waals surface area contributed by atoms with E-state index < -0.39 is 7.92 Å². The summed E-state index contributed by atoms with van der Waals surface area (Å²) in [5, 5.41) is 5.78. The van der Waals surface area contributed by atoms with Gasteiger partial charge in [0.15, 0.2) is 0 Å². The lowest BCUT2D eigenvalue weighted by Crippen LogP contribution is -2.29. The van der Waals surface area contributed by atoms with Gasteiger partial charge in [-0.25, -0.2) is 5.53 Å². The molecule has 0 spiro atoms. The monoisotopic (exact) mass is 284 g/mol. The molecule has 1 unspecified atom stereocenters. The Kier molecular flexibility index (Phi) is 5.14. The van der Waals surface area contributed by atoms with Crippen molar-refractivity contribution >= 4 is 24.3 Å². The van der Waals surface area contributed by atoms with E-state index in [9.17, 15) is 4.79 Å². The van der Waals surface area contributed by atoms with Gasteiger partial charge in [-0.15, -0.1) is 0 Å². The Morgan fingerprint density at radius 3 is 1.85 bits per heavy atom. The topological polar surface area (TPSA) is 53.3 Å². The predicted octanol–water partition coefficient (Wildman–Crippen LogP) is 3.11. The van der Waals surface area contributed by atoms with Crippen LogP contribution in [0.15, 0.2) is 65.8 Å². The average molecular weight is 284 g/mol. The Balaban J connectivity index is 2.49. The van der Waals surface area contributed by atoms with Crippen LogP contribution in [0.4, 0.5) is 0 Å². The molecule has 4 heteroatoms. The lowest BCUT2D eigenvalue weighted by molar-refractivity contribution is -0.116. The van der Waals surface area contributed by atoms with Gasteiger partial charge in [-0.3, -0.25) is 4.79 Å². The van der Waals surface area contributed by atoms with Crippen molar-refractivity contribution in [3.05, 3.63) is 60.7 Å². The first-order chi connectivity index (χ1) is 9.74. The lowest BCUT2D eigenvalue weighted by Gasteiger charge is -2.25. The van der Waals surface area contributed by atoms with Crippen LogP contribution in [0.2, 0.25) is 0 Å². The number of Topliss-reactive ketones (excluding diaryl/α,β-unsaturated/α-hetero) is 1. The van der Waals surface area contributed by atoms with E-state index in [1.807, 2.05) is 36.4 Å². The molecule has 20 heavy (non-hydrogen) atoms. The van der Waals surface area contributed by atoms with E-state index in [4.69, 9.17) is 5.53 Å². The molecule has 0 aliphatic carbocycles. The second-order valence-corrected chi connectivity index (χ2v) is 6.90. The minimum absolute atomic E-state index is 0.0971. The summed E-state index contributed by atoms with van der Waals surface area (Å²) < 4.78 is 0. The van der Waals surface area contributed by atoms with Crippen LogP contribution in [0.5, 0.6) is 0 Å². The smallest absolute Gasteiger partial charge is 0.139 e. The summed E-state index contributed by atoms with van der Waals surface area (Å²) in [5.74, 6) is 0.0971. The molecule has 1 atom stereocenters. The molecule has 2 rings (SSSR count). The molecule has 0 saturated heterocycles. The predicted molar refractivity (Wildman–Crippen MR) is 83.6 cm³/mol. The standard InChI is InChI=1S/C16H17N2OP/c1-13(19)16(12-18-17)20(14-8-4-2-5-9-14)15-10-6-3-7-11-15/h2-11,16-17H,12H2,1H3. The van der Waals surface area contributed by atoms with Gasteiger partial charge in [0, 0.05) is 0 Å². The van der Waals surface area contributed by atoms with Crippen molar-refractivity contribution < 1.29 is 4.79 Å². The van der Waals surface area contributed by atoms with Crippen LogP contribution in [0.25, 0.3) is 0 Å². The molecule has 0 aliphatic rings. The number of benzene rings is 2. The van der Waals surface area contributed by atoms with Crippen molar-refractivity contribution in [3.63, 3.8) is 0 Å². The van der Waals surface area contributed by atoms with Gasteiger partial charge in [-0.05, 0) is 25.5 Å². The summed E-state index contributed by atoms with van der Waals surface area (Å²) in [6, 6.07) is 20.1. The highest BCUT2D eigenvalue weighted by atomic mass is 31.1. The zero-order valence-electron chi connectivity index (χ0n) is 11.4. The van der Waals surface area contributed by atoms with Gasteiger partial charge in [0.2, 0.25) is 0 Å². The fourth-order valence-corrected chi connectivity index (χ4v) is 4.78. The molecule has 2 aromatic rings. The second-order valence-electron chi connectivity index (χ2n) is 4.51. The first kappa shape index (κ1) is 14.5. The number of hydrogen-bond acceptors (Lipinski definition) is 3. The van der Waals surface area contributed by atoms with Crippen molar-refractivity contribution in [3.8, 4) is 0 Å². The Morgan fingerprint density at radius 2 is 1.50 bits per heavy atom. The minimum atomic E-state index is -0.823. The molecular weight excluding hydrogens is 267 g/mol. The highest BCUT2D eigenvalue weighted by Gasteiger charge is 2.27. The maximum atomic E-state index is 12.0.